The lowest BCUT2D eigenvalue weighted by molar-refractivity contribution is -0.191. The first-order valence-electron chi connectivity index (χ1n) is 9.76. The molecule has 1 saturated heterocycles. The van der Waals surface area contributed by atoms with E-state index in [0.29, 0.717) is 13.2 Å². The monoisotopic (exact) mass is 399 g/mol. The second kappa shape index (κ2) is 8.65. The SMILES string of the molecule is C#CC[C@]1(OC)C(=O)N(CCO[Si](C)(C)C(C)(C)C)[C@H]1/C=C/c1ccccc1. The van der Waals surface area contributed by atoms with Crippen molar-refractivity contribution in [3.8, 4) is 12.3 Å². The van der Waals surface area contributed by atoms with Crippen molar-refractivity contribution in [1.29, 1.82) is 0 Å². The van der Waals surface area contributed by atoms with Gasteiger partial charge in [-0.05, 0) is 23.7 Å². The molecule has 0 saturated carbocycles. The van der Waals surface area contributed by atoms with Crippen LogP contribution in [0, 0.1) is 12.3 Å². The molecule has 0 N–H and O–H groups in total. The number of β-lactam (4-membered cyclic amide) rings is 1. The normalized spacial score (nSPS) is 23.0. The predicted molar refractivity (Wildman–Crippen MR) is 117 cm³/mol. The quantitative estimate of drug-likeness (QED) is 0.371. The number of rotatable bonds is 8. The fraction of sp³-hybridized carbons (Fsp3) is 0.522. The molecular weight excluding hydrogens is 366 g/mol. The summed E-state index contributed by atoms with van der Waals surface area (Å²) >= 11 is 0. The summed E-state index contributed by atoms with van der Waals surface area (Å²) in [5.41, 5.74) is 0.0989. The van der Waals surface area contributed by atoms with Crippen LogP contribution in [0.2, 0.25) is 18.1 Å². The molecule has 152 valence electrons. The van der Waals surface area contributed by atoms with Gasteiger partial charge in [-0.3, -0.25) is 4.79 Å². The Morgan fingerprint density at radius 1 is 1.29 bits per heavy atom. The zero-order valence-corrected chi connectivity index (χ0v) is 19.0. The van der Waals surface area contributed by atoms with E-state index in [2.05, 4.69) is 39.8 Å². The van der Waals surface area contributed by atoms with E-state index in [1.54, 1.807) is 7.11 Å². The van der Waals surface area contributed by atoms with Gasteiger partial charge in [-0.15, -0.1) is 12.3 Å². The first-order valence-corrected chi connectivity index (χ1v) is 12.7. The minimum atomic E-state index is -1.85. The molecular formula is C23H33NO3Si. The van der Waals surface area contributed by atoms with E-state index in [1.165, 1.54) is 0 Å². The first-order chi connectivity index (χ1) is 13.1. The van der Waals surface area contributed by atoms with E-state index in [4.69, 9.17) is 15.6 Å². The van der Waals surface area contributed by atoms with Crippen LogP contribution in [0.25, 0.3) is 6.08 Å². The third-order valence-corrected chi connectivity index (χ3v) is 10.6. The molecule has 5 heteroatoms. The van der Waals surface area contributed by atoms with Gasteiger partial charge in [0.05, 0.1) is 12.6 Å². The molecule has 28 heavy (non-hydrogen) atoms. The van der Waals surface area contributed by atoms with E-state index in [0.717, 1.165) is 5.56 Å². The minimum Gasteiger partial charge on any atom is -0.415 e. The van der Waals surface area contributed by atoms with Crippen molar-refractivity contribution in [3.63, 3.8) is 0 Å². The number of hydrogen-bond donors (Lipinski definition) is 0. The summed E-state index contributed by atoms with van der Waals surface area (Å²) in [5.74, 6) is 2.55. The van der Waals surface area contributed by atoms with Crippen LogP contribution in [0.1, 0.15) is 32.8 Å². The van der Waals surface area contributed by atoms with Crippen LogP contribution in [-0.4, -0.2) is 51.0 Å². The van der Waals surface area contributed by atoms with Crippen LogP contribution in [-0.2, 0) is 14.0 Å². The Kier molecular flexibility index (Phi) is 6.92. The van der Waals surface area contributed by atoms with E-state index < -0.39 is 13.9 Å². The van der Waals surface area contributed by atoms with Crippen LogP contribution >= 0.6 is 0 Å². The molecule has 2 rings (SSSR count). The summed E-state index contributed by atoms with van der Waals surface area (Å²) in [6.45, 7) is 12.1. The molecule has 1 aliphatic rings. The zero-order valence-electron chi connectivity index (χ0n) is 18.0. The Bertz CT molecular complexity index is 745. The van der Waals surface area contributed by atoms with Crippen molar-refractivity contribution < 1.29 is 14.0 Å². The number of carbonyl (C=O) groups excluding carboxylic acids is 1. The number of carbonyl (C=O) groups is 1. The first kappa shape index (κ1) is 22.4. The molecule has 1 aliphatic heterocycles. The third kappa shape index (κ3) is 4.40. The maximum Gasteiger partial charge on any atom is 0.259 e. The number of terminal acetylenes is 1. The number of hydrogen-bond acceptors (Lipinski definition) is 3. The molecule has 0 aliphatic carbocycles. The molecule has 0 radical (unpaired) electrons. The Morgan fingerprint density at radius 3 is 2.46 bits per heavy atom. The Hall–Kier alpha value is -1.87. The van der Waals surface area contributed by atoms with Gasteiger partial charge >= 0.3 is 0 Å². The van der Waals surface area contributed by atoms with Crippen LogP contribution in [0.4, 0.5) is 0 Å². The standard InChI is InChI=1S/C23H33NO3Si/c1-8-16-23(26-5)20(15-14-19-12-10-9-11-13-19)24(21(23)25)17-18-27-28(6,7)22(2,3)4/h1,9-15,20H,16-18H2,2-7H3/b15-14+/t20-,23+/m0/s1. The summed E-state index contributed by atoms with van der Waals surface area (Å²) in [6, 6.07) is 9.80. The van der Waals surface area contributed by atoms with Crippen LogP contribution < -0.4 is 0 Å². The molecule has 0 spiro atoms. The average molecular weight is 400 g/mol. The fourth-order valence-electron chi connectivity index (χ4n) is 3.18. The van der Waals surface area contributed by atoms with Crippen molar-refractivity contribution in [2.45, 2.75) is 57.0 Å². The van der Waals surface area contributed by atoms with Crippen molar-refractivity contribution in [2.24, 2.45) is 0 Å². The predicted octanol–water partition coefficient (Wildman–Crippen LogP) is 4.34. The van der Waals surface area contributed by atoms with Gasteiger partial charge in [-0.2, -0.15) is 0 Å². The average Bonchev–Trinajstić information content (AvgIpc) is 2.64. The second-order valence-electron chi connectivity index (χ2n) is 8.80. The van der Waals surface area contributed by atoms with Gasteiger partial charge in [0, 0.05) is 20.1 Å². The van der Waals surface area contributed by atoms with E-state index >= 15 is 0 Å². The Morgan fingerprint density at radius 2 is 1.93 bits per heavy atom. The van der Waals surface area contributed by atoms with Gasteiger partial charge in [-0.25, -0.2) is 0 Å². The highest BCUT2D eigenvalue weighted by Gasteiger charge is 2.59. The number of benzene rings is 1. The molecule has 1 heterocycles. The Labute approximate surface area is 171 Å². The smallest absolute Gasteiger partial charge is 0.259 e. The molecule has 1 aromatic rings. The highest BCUT2D eigenvalue weighted by Crippen LogP contribution is 2.39. The molecule has 1 aromatic carbocycles. The fourth-order valence-corrected chi connectivity index (χ4v) is 4.21. The molecule has 4 nitrogen and oxygen atoms in total. The number of ether oxygens (including phenoxy) is 1. The van der Waals surface area contributed by atoms with Crippen molar-refractivity contribution in [3.05, 3.63) is 42.0 Å². The van der Waals surface area contributed by atoms with E-state index in [-0.39, 0.29) is 23.4 Å². The van der Waals surface area contributed by atoms with E-state index in [9.17, 15) is 4.79 Å². The van der Waals surface area contributed by atoms with Crippen LogP contribution in [0.15, 0.2) is 36.4 Å². The topological polar surface area (TPSA) is 38.8 Å². The summed E-state index contributed by atoms with van der Waals surface area (Å²) < 4.78 is 11.9. The van der Waals surface area contributed by atoms with Crippen molar-refractivity contribution in [2.75, 3.05) is 20.3 Å². The molecule has 2 atom stereocenters. The highest BCUT2D eigenvalue weighted by molar-refractivity contribution is 6.74. The molecule has 1 fully saturated rings. The summed E-state index contributed by atoms with van der Waals surface area (Å²) in [6.07, 6.45) is 9.83. The van der Waals surface area contributed by atoms with Gasteiger partial charge in [-0.1, -0.05) is 63.3 Å². The van der Waals surface area contributed by atoms with E-state index in [1.807, 2.05) is 47.4 Å². The van der Waals surface area contributed by atoms with Crippen LogP contribution in [0.5, 0.6) is 0 Å². The third-order valence-electron chi connectivity index (χ3n) is 6.04. The molecule has 0 aromatic heterocycles. The lowest BCUT2D eigenvalue weighted by Crippen LogP contribution is -2.74. The van der Waals surface area contributed by atoms with Gasteiger partial charge in [0.25, 0.3) is 5.91 Å². The lowest BCUT2D eigenvalue weighted by atomic mass is 9.79. The number of methoxy groups -OCH3 is 1. The molecule has 1 amide bonds. The maximum absolute atomic E-state index is 12.9. The number of amides is 1. The summed E-state index contributed by atoms with van der Waals surface area (Å²) in [4.78, 5) is 14.7. The van der Waals surface area contributed by atoms with Gasteiger partial charge in [0.2, 0.25) is 0 Å². The molecule has 0 bridgehead atoms. The van der Waals surface area contributed by atoms with Gasteiger partial charge < -0.3 is 14.1 Å². The Balaban J connectivity index is 2.14. The van der Waals surface area contributed by atoms with Crippen molar-refractivity contribution >= 4 is 20.3 Å². The highest BCUT2D eigenvalue weighted by atomic mass is 28.4. The number of nitrogens with zero attached hydrogens (tertiary/aromatic N) is 1. The molecule has 0 unspecified atom stereocenters. The van der Waals surface area contributed by atoms with Gasteiger partial charge in [0.15, 0.2) is 13.9 Å². The van der Waals surface area contributed by atoms with Crippen LogP contribution in [0.3, 0.4) is 0 Å². The summed E-state index contributed by atoms with van der Waals surface area (Å²) in [7, 11) is -0.297. The lowest BCUT2D eigenvalue weighted by Gasteiger charge is -2.53. The largest absolute Gasteiger partial charge is 0.415 e. The second-order valence-corrected chi connectivity index (χ2v) is 13.6. The van der Waals surface area contributed by atoms with Crippen molar-refractivity contribution in [1.82, 2.24) is 4.90 Å². The van der Waals surface area contributed by atoms with Gasteiger partial charge in [0.1, 0.15) is 0 Å². The number of likely N-dealkylation sites (tertiary alicyclic amines) is 1. The zero-order chi connectivity index (χ0) is 21.0. The summed E-state index contributed by atoms with van der Waals surface area (Å²) in [5, 5.41) is 0.137. The minimum absolute atomic E-state index is 0.0607. The maximum atomic E-state index is 12.9.